The van der Waals surface area contributed by atoms with Crippen LogP contribution in [0.15, 0.2) is 36.4 Å². The van der Waals surface area contributed by atoms with Gasteiger partial charge in [0.15, 0.2) is 0 Å². The Morgan fingerprint density at radius 1 is 0.833 bits per heavy atom. The van der Waals surface area contributed by atoms with E-state index >= 15 is 0 Å². The average Bonchev–Trinajstić information content (AvgIpc) is 2.20. The molecule has 0 aliphatic heterocycles. The van der Waals surface area contributed by atoms with Crippen LogP contribution in [0.5, 0.6) is 0 Å². The number of ketones is 1. The molecule has 1 aromatic carbocycles. The molecule has 66 valence electrons. The molecule has 0 aliphatic rings. The molecular formula is C11H16O. The van der Waals surface area contributed by atoms with Crippen molar-refractivity contribution in [3.05, 3.63) is 36.4 Å². The minimum absolute atomic E-state index is 0.343. The number of carbonyl (C=O) groups is 1. The van der Waals surface area contributed by atoms with Gasteiger partial charge in [0.05, 0.1) is 0 Å². The third kappa shape index (κ3) is 7.00. The molecule has 0 saturated carbocycles. The van der Waals surface area contributed by atoms with Crippen LogP contribution in [0, 0.1) is 0 Å². The number of carbonyl (C=O) groups excluding carboxylic acids is 1. The van der Waals surface area contributed by atoms with E-state index in [-0.39, 0.29) is 0 Å². The first-order valence-corrected chi connectivity index (χ1v) is 4.33. The van der Waals surface area contributed by atoms with E-state index in [1.807, 2.05) is 50.2 Å². The predicted octanol–water partition coefficient (Wildman–Crippen LogP) is 3.06. The number of Topliss-reactive ketones (excluding diaryl/α,β-unsaturated/α-hetero) is 1. The van der Waals surface area contributed by atoms with Gasteiger partial charge in [-0.1, -0.05) is 50.2 Å². The Labute approximate surface area is 74.4 Å². The second-order valence-corrected chi connectivity index (χ2v) is 2.40. The van der Waals surface area contributed by atoms with Crippen LogP contribution in [0.25, 0.3) is 0 Å². The molecular weight excluding hydrogens is 148 g/mol. The van der Waals surface area contributed by atoms with E-state index in [1.165, 1.54) is 0 Å². The van der Waals surface area contributed by atoms with Gasteiger partial charge in [0, 0.05) is 12.8 Å². The standard InChI is InChI=1S/C6H6.C5H10O/c1-2-4-6-5-3-1;1-3-5(6)4-2/h1-6H;3-4H2,1-2H3. The summed E-state index contributed by atoms with van der Waals surface area (Å²) in [4.78, 5) is 10.2. The highest BCUT2D eigenvalue weighted by Crippen LogP contribution is 1.83. The summed E-state index contributed by atoms with van der Waals surface area (Å²) in [6, 6.07) is 12.0. The molecule has 0 unspecified atom stereocenters. The summed E-state index contributed by atoms with van der Waals surface area (Å²) in [5.41, 5.74) is 0. The van der Waals surface area contributed by atoms with E-state index in [9.17, 15) is 4.79 Å². The van der Waals surface area contributed by atoms with Crippen LogP contribution in [-0.2, 0) is 4.79 Å². The maximum absolute atomic E-state index is 10.2. The first-order chi connectivity index (χ1) is 5.81. The van der Waals surface area contributed by atoms with Crippen molar-refractivity contribution in [2.45, 2.75) is 26.7 Å². The lowest BCUT2D eigenvalue weighted by atomic mass is 10.3. The van der Waals surface area contributed by atoms with Crippen LogP contribution >= 0.6 is 0 Å². The van der Waals surface area contributed by atoms with Crippen LogP contribution in [-0.4, -0.2) is 5.78 Å². The number of hydrogen-bond acceptors (Lipinski definition) is 1. The molecule has 0 saturated heterocycles. The SMILES string of the molecule is CCC(=O)CC.c1ccccc1. The number of hydrogen-bond donors (Lipinski definition) is 0. The number of rotatable bonds is 2. The van der Waals surface area contributed by atoms with Gasteiger partial charge in [0.1, 0.15) is 5.78 Å². The molecule has 0 heterocycles. The van der Waals surface area contributed by atoms with Crippen molar-refractivity contribution in [3.8, 4) is 0 Å². The summed E-state index contributed by atoms with van der Waals surface area (Å²) >= 11 is 0. The van der Waals surface area contributed by atoms with Gasteiger partial charge < -0.3 is 0 Å². The molecule has 0 N–H and O–H groups in total. The van der Waals surface area contributed by atoms with E-state index in [1.54, 1.807) is 0 Å². The fraction of sp³-hybridized carbons (Fsp3) is 0.364. The van der Waals surface area contributed by atoms with Crippen LogP contribution in [0.1, 0.15) is 26.7 Å². The molecule has 0 amide bonds. The summed E-state index contributed by atoms with van der Waals surface area (Å²) in [6.45, 7) is 3.76. The Bertz CT molecular complexity index is 159. The topological polar surface area (TPSA) is 17.1 Å². The summed E-state index contributed by atoms with van der Waals surface area (Å²) in [7, 11) is 0. The van der Waals surface area contributed by atoms with E-state index < -0.39 is 0 Å². The van der Waals surface area contributed by atoms with Gasteiger partial charge in [0.2, 0.25) is 0 Å². The highest BCUT2D eigenvalue weighted by atomic mass is 16.1. The van der Waals surface area contributed by atoms with Crippen LogP contribution in [0.3, 0.4) is 0 Å². The van der Waals surface area contributed by atoms with E-state index in [0.29, 0.717) is 18.6 Å². The van der Waals surface area contributed by atoms with Gasteiger partial charge in [-0.25, -0.2) is 0 Å². The molecule has 1 nitrogen and oxygen atoms in total. The van der Waals surface area contributed by atoms with E-state index in [4.69, 9.17) is 0 Å². The molecule has 0 spiro atoms. The molecule has 1 heteroatoms. The van der Waals surface area contributed by atoms with Crippen molar-refractivity contribution in [1.29, 1.82) is 0 Å². The zero-order valence-corrected chi connectivity index (χ0v) is 7.79. The highest BCUT2D eigenvalue weighted by molar-refractivity contribution is 5.77. The Kier molecular flexibility index (Phi) is 7.25. The number of benzene rings is 1. The van der Waals surface area contributed by atoms with E-state index in [0.717, 1.165) is 0 Å². The molecule has 0 aliphatic carbocycles. The van der Waals surface area contributed by atoms with Crippen molar-refractivity contribution < 1.29 is 4.79 Å². The lowest BCUT2D eigenvalue weighted by molar-refractivity contribution is -0.118. The second kappa shape index (κ2) is 7.99. The van der Waals surface area contributed by atoms with Crippen molar-refractivity contribution in [2.75, 3.05) is 0 Å². The van der Waals surface area contributed by atoms with Gasteiger partial charge in [-0.15, -0.1) is 0 Å². The largest absolute Gasteiger partial charge is 0.300 e. The monoisotopic (exact) mass is 164 g/mol. The van der Waals surface area contributed by atoms with Gasteiger partial charge in [-0.3, -0.25) is 4.79 Å². The maximum Gasteiger partial charge on any atom is 0.132 e. The lowest BCUT2D eigenvalue weighted by Crippen LogP contribution is -1.88. The highest BCUT2D eigenvalue weighted by Gasteiger charge is 1.86. The Morgan fingerprint density at radius 2 is 1.08 bits per heavy atom. The Morgan fingerprint density at radius 3 is 1.17 bits per heavy atom. The average molecular weight is 164 g/mol. The molecule has 1 rings (SSSR count). The molecule has 0 bridgehead atoms. The van der Waals surface area contributed by atoms with Crippen molar-refractivity contribution in [1.82, 2.24) is 0 Å². The summed E-state index contributed by atoms with van der Waals surface area (Å²) in [5, 5.41) is 0. The lowest BCUT2D eigenvalue weighted by Gasteiger charge is -1.81. The van der Waals surface area contributed by atoms with Crippen LogP contribution in [0.4, 0.5) is 0 Å². The molecule has 0 aromatic heterocycles. The zero-order valence-electron chi connectivity index (χ0n) is 7.79. The van der Waals surface area contributed by atoms with Gasteiger partial charge >= 0.3 is 0 Å². The minimum atomic E-state index is 0.343. The fourth-order valence-corrected chi connectivity index (χ4v) is 0.635. The smallest absolute Gasteiger partial charge is 0.132 e. The van der Waals surface area contributed by atoms with Gasteiger partial charge in [-0.2, -0.15) is 0 Å². The van der Waals surface area contributed by atoms with Gasteiger partial charge in [0.25, 0.3) is 0 Å². The predicted molar refractivity (Wildman–Crippen MR) is 52.0 cm³/mol. The Balaban J connectivity index is 0.000000202. The molecule has 1 aromatic rings. The van der Waals surface area contributed by atoms with Crippen molar-refractivity contribution in [3.63, 3.8) is 0 Å². The van der Waals surface area contributed by atoms with Gasteiger partial charge in [-0.05, 0) is 0 Å². The first kappa shape index (κ1) is 10.9. The summed E-state index contributed by atoms with van der Waals surface area (Å²) in [6.07, 6.45) is 1.38. The second-order valence-electron chi connectivity index (χ2n) is 2.40. The summed E-state index contributed by atoms with van der Waals surface area (Å²) in [5.74, 6) is 0.343. The van der Waals surface area contributed by atoms with Crippen molar-refractivity contribution in [2.24, 2.45) is 0 Å². The van der Waals surface area contributed by atoms with Crippen molar-refractivity contribution >= 4 is 5.78 Å². The molecule has 0 radical (unpaired) electrons. The fourth-order valence-electron chi connectivity index (χ4n) is 0.635. The minimum Gasteiger partial charge on any atom is -0.300 e. The summed E-state index contributed by atoms with van der Waals surface area (Å²) < 4.78 is 0. The first-order valence-electron chi connectivity index (χ1n) is 4.33. The normalized spacial score (nSPS) is 8.17. The molecule has 0 atom stereocenters. The zero-order chi connectivity index (χ0) is 9.23. The third-order valence-corrected chi connectivity index (χ3v) is 1.46. The quantitative estimate of drug-likeness (QED) is 0.656. The maximum atomic E-state index is 10.2. The Hall–Kier alpha value is -1.11. The van der Waals surface area contributed by atoms with Crippen LogP contribution < -0.4 is 0 Å². The van der Waals surface area contributed by atoms with E-state index in [2.05, 4.69) is 0 Å². The van der Waals surface area contributed by atoms with Crippen LogP contribution in [0.2, 0.25) is 0 Å². The molecule has 0 fully saturated rings. The molecule has 12 heavy (non-hydrogen) atoms. The third-order valence-electron chi connectivity index (χ3n) is 1.46.